The Labute approximate surface area is 162 Å². The first-order chi connectivity index (χ1) is 13.8. The van der Waals surface area contributed by atoms with Gasteiger partial charge in [-0.15, -0.1) is 5.10 Å². The highest BCUT2D eigenvalue weighted by Gasteiger charge is 2.28. The maximum Gasteiger partial charge on any atom is 0.239 e. The number of para-hydroxylation sites is 1. The van der Waals surface area contributed by atoms with Crippen LogP contribution >= 0.6 is 0 Å². The molecule has 144 valence electrons. The molecule has 1 fully saturated rings. The zero-order valence-corrected chi connectivity index (χ0v) is 15.4. The van der Waals surface area contributed by atoms with Crippen molar-refractivity contribution in [2.45, 2.75) is 18.9 Å². The lowest BCUT2D eigenvalue weighted by Gasteiger charge is -2.09. The van der Waals surface area contributed by atoms with Gasteiger partial charge in [0, 0.05) is 11.3 Å². The highest BCUT2D eigenvalue weighted by Crippen LogP contribution is 2.36. The lowest BCUT2D eigenvalue weighted by molar-refractivity contribution is -0.119. The molecule has 3 aromatic rings. The van der Waals surface area contributed by atoms with Gasteiger partial charge in [-0.1, -0.05) is 18.2 Å². The number of hydrogen-bond acceptors (Lipinski definition) is 6. The van der Waals surface area contributed by atoms with Gasteiger partial charge in [0.2, 0.25) is 5.91 Å². The van der Waals surface area contributed by atoms with Crippen LogP contribution in [0.25, 0.3) is 11.4 Å². The average molecular weight is 378 g/mol. The molecule has 0 aliphatic heterocycles. The van der Waals surface area contributed by atoms with Crippen LogP contribution in [-0.4, -0.2) is 45.8 Å². The van der Waals surface area contributed by atoms with Gasteiger partial charge in [-0.25, -0.2) is 4.68 Å². The number of ether oxygens (including phenoxy) is 1. The van der Waals surface area contributed by atoms with Gasteiger partial charge in [0.05, 0.1) is 19.1 Å². The highest BCUT2D eigenvalue weighted by atomic mass is 16.5. The van der Waals surface area contributed by atoms with Crippen LogP contribution in [0.1, 0.15) is 18.9 Å². The normalized spacial score (nSPS) is 13.1. The minimum Gasteiger partial charge on any atom is -0.492 e. The highest BCUT2D eigenvalue weighted by molar-refractivity contribution is 5.80. The van der Waals surface area contributed by atoms with Crippen molar-refractivity contribution in [1.29, 1.82) is 0 Å². The molecule has 8 heteroatoms. The molecule has 0 spiro atoms. The van der Waals surface area contributed by atoms with Gasteiger partial charge in [-0.3, -0.25) is 4.79 Å². The molecule has 0 unspecified atom stereocenters. The predicted molar refractivity (Wildman–Crippen MR) is 105 cm³/mol. The zero-order valence-electron chi connectivity index (χ0n) is 15.4. The second-order valence-corrected chi connectivity index (χ2v) is 6.62. The quantitative estimate of drug-likeness (QED) is 0.555. The number of rotatable bonds is 9. The number of tetrazole rings is 1. The van der Waals surface area contributed by atoms with E-state index < -0.39 is 0 Å². The molecule has 4 rings (SSSR count). The summed E-state index contributed by atoms with van der Waals surface area (Å²) in [6.45, 7) is 1.09. The number of aromatic nitrogens is 4. The third-order valence-corrected chi connectivity index (χ3v) is 4.42. The molecule has 0 saturated heterocycles. The molecular formula is C20H22N6O2. The number of hydrogen-bond donors (Lipinski definition) is 2. The van der Waals surface area contributed by atoms with E-state index in [2.05, 4.69) is 26.2 Å². The van der Waals surface area contributed by atoms with Crippen molar-refractivity contribution < 1.29 is 9.53 Å². The van der Waals surface area contributed by atoms with E-state index in [0.717, 1.165) is 35.7 Å². The molecule has 1 aromatic heterocycles. The predicted octanol–water partition coefficient (Wildman–Crippen LogP) is 2.28. The van der Waals surface area contributed by atoms with E-state index in [1.54, 1.807) is 0 Å². The van der Waals surface area contributed by atoms with Gasteiger partial charge in [0.25, 0.3) is 0 Å². The summed E-state index contributed by atoms with van der Waals surface area (Å²) < 4.78 is 7.43. The third-order valence-electron chi connectivity index (χ3n) is 4.42. The molecule has 0 atom stereocenters. The fraction of sp³-hybridized carbons (Fsp3) is 0.300. The van der Waals surface area contributed by atoms with Crippen molar-refractivity contribution in [3.63, 3.8) is 0 Å². The Bertz CT molecular complexity index is 906. The summed E-state index contributed by atoms with van der Waals surface area (Å²) in [7, 11) is 0. The standard InChI is InChI=1S/C20H22N6O2/c27-19(21-12-13-28-18-4-2-1-3-5-18)14-22-16-8-6-15(7-9-16)20-23-24-25-26(20)17-10-11-17/h1-9,17,22H,10-14H2,(H,21,27). The second kappa shape index (κ2) is 8.51. The maximum atomic E-state index is 11.9. The van der Waals surface area contributed by atoms with Crippen molar-refractivity contribution >= 4 is 11.6 Å². The third kappa shape index (κ3) is 4.64. The molecule has 8 nitrogen and oxygen atoms in total. The van der Waals surface area contributed by atoms with Gasteiger partial charge in [-0.2, -0.15) is 0 Å². The van der Waals surface area contributed by atoms with Crippen LogP contribution in [0.4, 0.5) is 5.69 Å². The first-order valence-corrected chi connectivity index (χ1v) is 9.36. The Kier molecular flexibility index (Phi) is 5.46. The topological polar surface area (TPSA) is 94.0 Å². The average Bonchev–Trinajstić information content (AvgIpc) is 3.47. The van der Waals surface area contributed by atoms with E-state index in [9.17, 15) is 4.79 Å². The summed E-state index contributed by atoms with van der Waals surface area (Å²) in [5, 5.41) is 17.9. The van der Waals surface area contributed by atoms with Crippen LogP contribution in [0.2, 0.25) is 0 Å². The van der Waals surface area contributed by atoms with Gasteiger partial charge in [0.15, 0.2) is 5.82 Å². The number of benzene rings is 2. The summed E-state index contributed by atoms with van der Waals surface area (Å²) in [4.78, 5) is 11.9. The van der Waals surface area contributed by atoms with Crippen LogP contribution in [0, 0.1) is 0 Å². The Morgan fingerprint density at radius 3 is 2.64 bits per heavy atom. The fourth-order valence-electron chi connectivity index (χ4n) is 2.81. The largest absolute Gasteiger partial charge is 0.492 e. The minimum atomic E-state index is -0.0848. The monoisotopic (exact) mass is 378 g/mol. The summed E-state index contributed by atoms with van der Waals surface area (Å²) in [6.07, 6.45) is 2.26. The van der Waals surface area contributed by atoms with Gasteiger partial charge in [0.1, 0.15) is 12.4 Å². The molecule has 1 saturated carbocycles. The lowest BCUT2D eigenvalue weighted by Crippen LogP contribution is -2.32. The van der Waals surface area contributed by atoms with E-state index in [-0.39, 0.29) is 12.5 Å². The van der Waals surface area contributed by atoms with Gasteiger partial charge in [-0.05, 0) is 59.7 Å². The van der Waals surface area contributed by atoms with Crippen molar-refractivity contribution in [1.82, 2.24) is 25.5 Å². The zero-order chi connectivity index (χ0) is 19.2. The lowest BCUT2D eigenvalue weighted by atomic mass is 10.2. The number of carbonyl (C=O) groups excluding carboxylic acids is 1. The van der Waals surface area contributed by atoms with Crippen LogP contribution in [0.5, 0.6) is 5.75 Å². The number of nitrogens with one attached hydrogen (secondary N) is 2. The SMILES string of the molecule is O=C(CNc1ccc(-c2nnnn2C2CC2)cc1)NCCOc1ccccc1. The Balaban J connectivity index is 1.20. The van der Waals surface area contributed by atoms with E-state index in [1.807, 2.05) is 59.3 Å². The van der Waals surface area contributed by atoms with E-state index in [0.29, 0.717) is 19.2 Å². The molecule has 1 aliphatic carbocycles. The summed E-state index contributed by atoms with van der Waals surface area (Å²) in [5.41, 5.74) is 1.83. The molecular weight excluding hydrogens is 356 g/mol. The van der Waals surface area contributed by atoms with E-state index >= 15 is 0 Å². The summed E-state index contributed by atoms with van der Waals surface area (Å²) >= 11 is 0. The van der Waals surface area contributed by atoms with Crippen LogP contribution in [-0.2, 0) is 4.79 Å². The number of nitrogens with zero attached hydrogens (tertiary/aromatic N) is 4. The van der Waals surface area contributed by atoms with Crippen LogP contribution in [0.15, 0.2) is 54.6 Å². The fourth-order valence-corrected chi connectivity index (χ4v) is 2.81. The molecule has 1 amide bonds. The Morgan fingerprint density at radius 1 is 1.11 bits per heavy atom. The van der Waals surface area contributed by atoms with Crippen LogP contribution < -0.4 is 15.4 Å². The molecule has 1 heterocycles. The van der Waals surface area contributed by atoms with E-state index in [4.69, 9.17) is 4.74 Å². The number of anilines is 1. The number of carbonyl (C=O) groups is 1. The summed E-state index contributed by atoms with van der Waals surface area (Å²) in [6, 6.07) is 17.7. The molecule has 0 radical (unpaired) electrons. The maximum absolute atomic E-state index is 11.9. The Hall–Kier alpha value is -3.42. The van der Waals surface area contributed by atoms with Crippen molar-refractivity contribution in [2.75, 3.05) is 25.0 Å². The molecule has 0 bridgehead atoms. The first kappa shape index (κ1) is 18.0. The molecule has 1 aliphatic rings. The van der Waals surface area contributed by atoms with Gasteiger partial charge >= 0.3 is 0 Å². The molecule has 2 N–H and O–H groups in total. The molecule has 28 heavy (non-hydrogen) atoms. The van der Waals surface area contributed by atoms with E-state index in [1.165, 1.54) is 0 Å². The van der Waals surface area contributed by atoms with Crippen molar-refractivity contribution in [2.24, 2.45) is 0 Å². The first-order valence-electron chi connectivity index (χ1n) is 9.36. The van der Waals surface area contributed by atoms with Crippen LogP contribution in [0.3, 0.4) is 0 Å². The summed E-state index contributed by atoms with van der Waals surface area (Å²) in [5.74, 6) is 1.49. The smallest absolute Gasteiger partial charge is 0.239 e. The Morgan fingerprint density at radius 2 is 1.89 bits per heavy atom. The number of amides is 1. The van der Waals surface area contributed by atoms with Crippen molar-refractivity contribution in [3.05, 3.63) is 54.6 Å². The second-order valence-electron chi connectivity index (χ2n) is 6.62. The van der Waals surface area contributed by atoms with Gasteiger partial charge < -0.3 is 15.4 Å². The minimum absolute atomic E-state index is 0.0848. The molecule has 2 aromatic carbocycles. The van der Waals surface area contributed by atoms with Crippen molar-refractivity contribution in [3.8, 4) is 17.1 Å².